The molecule has 1 heterocycles. The molecule has 1 unspecified atom stereocenters. The van der Waals surface area contributed by atoms with Crippen LogP contribution >= 0.6 is 0 Å². The Balaban J connectivity index is 1.79. The Morgan fingerprint density at radius 3 is 2.50 bits per heavy atom. The van der Waals surface area contributed by atoms with Gasteiger partial charge in [0, 0.05) is 12.1 Å². The number of benzene rings is 1. The summed E-state index contributed by atoms with van der Waals surface area (Å²) in [5.74, 6) is 0.185. The highest BCUT2D eigenvalue weighted by Gasteiger charge is 2.33. The molecule has 158 valence electrons. The van der Waals surface area contributed by atoms with Gasteiger partial charge in [-0.05, 0) is 69.2 Å². The van der Waals surface area contributed by atoms with Crippen LogP contribution in [0.3, 0.4) is 0 Å². The van der Waals surface area contributed by atoms with E-state index in [1.54, 1.807) is 12.1 Å². The van der Waals surface area contributed by atoms with Crippen molar-refractivity contribution in [3.8, 4) is 5.75 Å². The van der Waals surface area contributed by atoms with Crippen molar-refractivity contribution in [3.05, 3.63) is 29.8 Å². The monoisotopic (exact) mass is 402 g/mol. The Hall–Kier alpha value is -1.29. The van der Waals surface area contributed by atoms with Gasteiger partial charge in [0.2, 0.25) is 0 Å². The molecule has 9 heteroatoms. The zero-order valence-electron chi connectivity index (χ0n) is 16.3. The van der Waals surface area contributed by atoms with Crippen LogP contribution in [-0.4, -0.2) is 47.1 Å². The number of rotatable bonds is 9. The molecule has 5 nitrogen and oxygen atoms in total. The van der Waals surface area contributed by atoms with Crippen LogP contribution in [0.2, 0.25) is 6.32 Å². The molecule has 1 aliphatic heterocycles. The zero-order chi connectivity index (χ0) is 20.8. The minimum absolute atomic E-state index is 0.192. The largest absolute Gasteiger partial charge is 0.573 e. The number of unbranched alkanes of at least 4 members (excludes halogenated alkanes) is 1. The van der Waals surface area contributed by atoms with E-state index in [9.17, 15) is 13.2 Å². The zero-order valence-corrected chi connectivity index (χ0v) is 16.3. The molecule has 0 aromatic heterocycles. The summed E-state index contributed by atoms with van der Waals surface area (Å²) in [5, 5.41) is 17.8. The van der Waals surface area contributed by atoms with Gasteiger partial charge < -0.3 is 20.5 Å². The van der Waals surface area contributed by atoms with E-state index in [0.29, 0.717) is 18.8 Å². The summed E-state index contributed by atoms with van der Waals surface area (Å²) in [5.41, 5.74) is 7.01. The Morgan fingerprint density at radius 1 is 1.21 bits per heavy atom. The van der Waals surface area contributed by atoms with Crippen LogP contribution in [0.5, 0.6) is 5.75 Å². The molecular weight excluding hydrogens is 372 g/mol. The maximum atomic E-state index is 12.4. The number of hydrogen-bond donors (Lipinski definition) is 3. The third kappa shape index (κ3) is 7.99. The van der Waals surface area contributed by atoms with Crippen LogP contribution in [0, 0.1) is 5.92 Å². The van der Waals surface area contributed by atoms with E-state index in [-0.39, 0.29) is 11.3 Å². The highest BCUT2D eigenvalue weighted by Crippen LogP contribution is 2.31. The molecule has 1 fully saturated rings. The van der Waals surface area contributed by atoms with Gasteiger partial charge in [-0.1, -0.05) is 25.0 Å². The molecular formula is C19H30BF3N2O3. The van der Waals surface area contributed by atoms with Crippen molar-refractivity contribution >= 4 is 7.12 Å². The summed E-state index contributed by atoms with van der Waals surface area (Å²) in [4.78, 5) is 2.22. The molecule has 0 saturated carbocycles. The van der Waals surface area contributed by atoms with Crippen LogP contribution in [0.15, 0.2) is 24.3 Å². The van der Waals surface area contributed by atoms with E-state index in [2.05, 4.69) is 16.6 Å². The van der Waals surface area contributed by atoms with E-state index < -0.39 is 13.5 Å². The Morgan fingerprint density at radius 2 is 1.89 bits per heavy atom. The first-order chi connectivity index (χ1) is 13.0. The quantitative estimate of drug-likeness (QED) is 0.437. The van der Waals surface area contributed by atoms with E-state index >= 15 is 0 Å². The fourth-order valence-corrected chi connectivity index (χ4v) is 3.89. The minimum atomic E-state index is -4.68. The highest BCUT2D eigenvalue weighted by atomic mass is 19.4. The van der Waals surface area contributed by atoms with Crippen molar-refractivity contribution in [3.63, 3.8) is 0 Å². The molecule has 0 spiro atoms. The standard InChI is InChI=1S/C19H30BF3N2O3/c1-18(24,9-2-3-10-20(26)27)16-7-11-25(12-8-16)14-15-5-4-6-17(13-15)28-19(21,22)23/h4-6,13,16,26-27H,2-3,7-12,14,24H2,1H3. The molecule has 4 N–H and O–H groups in total. The molecule has 0 bridgehead atoms. The lowest BCUT2D eigenvalue weighted by atomic mass is 9.75. The average molecular weight is 402 g/mol. The van der Waals surface area contributed by atoms with Crippen LogP contribution in [0.1, 0.15) is 44.6 Å². The third-order valence-electron chi connectivity index (χ3n) is 5.49. The first-order valence-electron chi connectivity index (χ1n) is 9.77. The maximum absolute atomic E-state index is 12.4. The lowest BCUT2D eigenvalue weighted by molar-refractivity contribution is -0.274. The predicted molar refractivity (Wildman–Crippen MR) is 103 cm³/mol. The second-order valence-electron chi connectivity index (χ2n) is 7.98. The molecule has 0 radical (unpaired) electrons. The summed E-state index contributed by atoms with van der Waals surface area (Å²) in [7, 11) is -1.26. The minimum Gasteiger partial charge on any atom is -0.427 e. The second-order valence-corrected chi connectivity index (χ2v) is 7.98. The van der Waals surface area contributed by atoms with Gasteiger partial charge in [0.25, 0.3) is 0 Å². The number of nitrogens with two attached hydrogens (primary N) is 1. The Labute approximate surface area is 164 Å². The van der Waals surface area contributed by atoms with Crippen molar-refractivity contribution in [1.82, 2.24) is 4.90 Å². The lowest BCUT2D eigenvalue weighted by Gasteiger charge is -2.40. The molecule has 1 atom stereocenters. The maximum Gasteiger partial charge on any atom is 0.573 e. The number of alkyl halides is 3. The van der Waals surface area contributed by atoms with E-state index in [0.717, 1.165) is 50.8 Å². The molecule has 1 aromatic rings. The Bertz CT molecular complexity index is 606. The highest BCUT2D eigenvalue weighted by molar-refractivity contribution is 6.40. The lowest BCUT2D eigenvalue weighted by Crippen LogP contribution is -2.49. The number of hydrogen-bond acceptors (Lipinski definition) is 5. The predicted octanol–water partition coefficient (Wildman–Crippen LogP) is 3.16. The van der Waals surface area contributed by atoms with Crippen molar-refractivity contribution in [1.29, 1.82) is 0 Å². The van der Waals surface area contributed by atoms with Crippen molar-refractivity contribution < 1.29 is 28.0 Å². The topological polar surface area (TPSA) is 79.0 Å². The van der Waals surface area contributed by atoms with Crippen molar-refractivity contribution in [2.75, 3.05) is 13.1 Å². The first-order valence-corrected chi connectivity index (χ1v) is 9.77. The van der Waals surface area contributed by atoms with Gasteiger partial charge >= 0.3 is 13.5 Å². The van der Waals surface area contributed by atoms with Gasteiger partial charge in [-0.15, -0.1) is 13.2 Å². The summed E-state index contributed by atoms with van der Waals surface area (Å²) in [6.45, 7) is 4.33. The van der Waals surface area contributed by atoms with Crippen molar-refractivity contribution in [2.45, 2.75) is 63.8 Å². The van der Waals surface area contributed by atoms with Crippen LogP contribution in [0.4, 0.5) is 13.2 Å². The first kappa shape index (κ1) is 23.0. The summed E-state index contributed by atoms with van der Waals surface area (Å²) >= 11 is 0. The molecule has 0 aliphatic carbocycles. The van der Waals surface area contributed by atoms with Crippen LogP contribution < -0.4 is 10.5 Å². The summed E-state index contributed by atoms with van der Waals surface area (Å²) in [6, 6.07) is 6.11. The molecule has 1 saturated heterocycles. The summed E-state index contributed by atoms with van der Waals surface area (Å²) < 4.78 is 41.1. The van der Waals surface area contributed by atoms with E-state index in [4.69, 9.17) is 15.8 Å². The van der Waals surface area contributed by atoms with E-state index in [1.807, 2.05) is 0 Å². The number of nitrogens with zero attached hydrogens (tertiary/aromatic N) is 1. The number of likely N-dealkylation sites (tertiary alicyclic amines) is 1. The number of halogens is 3. The fraction of sp³-hybridized carbons (Fsp3) is 0.684. The van der Waals surface area contributed by atoms with Gasteiger partial charge in [0.1, 0.15) is 5.75 Å². The fourth-order valence-electron chi connectivity index (χ4n) is 3.89. The van der Waals surface area contributed by atoms with E-state index in [1.165, 1.54) is 12.1 Å². The second kappa shape index (κ2) is 9.96. The smallest absolute Gasteiger partial charge is 0.427 e. The molecule has 1 aromatic carbocycles. The molecule has 28 heavy (non-hydrogen) atoms. The molecule has 1 aliphatic rings. The van der Waals surface area contributed by atoms with Gasteiger partial charge in [-0.2, -0.15) is 0 Å². The number of piperidine rings is 1. The normalized spacial score (nSPS) is 18.7. The number of ether oxygens (including phenoxy) is 1. The third-order valence-corrected chi connectivity index (χ3v) is 5.49. The van der Waals surface area contributed by atoms with Crippen molar-refractivity contribution in [2.24, 2.45) is 11.7 Å². The SMILES string of the molecule is CC(N)(CCCCB(O)O)C1CCN(Cc2cccc(OC(F)(F)F)c2)CC1. The van der Waals surface area contributed by atoms with Gasteiger partial charge in [-0.25, -0.2) is 0 Å². The van der Waals surface area contributed by atoms with Gasteiger partial charge in [0.05, 0.1) is 0 Å². The van der Waals surface area contributed by atoms with Gasteiger partial charge in [0.15, 0.2) is 0 Å². The van der Waals surface area contributed by atoms with Crippen LogP contribution in [0.25, 0.3) is 0 Å². The molecule has 2 rings (SSSR count). The molecule has 0 amide bonds. The summed E-state index contributed by atoms with van der Waals surface area (Å²) in [6.07, 6.45) is -0.0100. The van der Waals surface area contributed by atoms with Crippen LogP contribution in [-0.2, 0) is 6.54 Å². The average Bonchev–Trinajstić information content (AvgIpc) is 2.58. The van der Waals surface area contributed by atoms with Gasteiger partial charge in [-0.3, -0.25) is 4.90 Å². The Kier molecular flexibility index (Phi) is 8.18.